The van der Waals surface area contributed by atoms with Gasteiger partial charge in [0.25, 0.3) is 0 Å². The summed E-state index contributed by atoms with van der Waals surface area (Å²) in [5.74, 6) is -0.0457. The van der Waals surface area contributed by atoms with Crippen LogP contribution < -0.4 is 10.6 Å². The number of para-hydroxylation sites is 1. The SMILES string of the molecule is CC1(C(=O)Nc2cccc(Cl)c2-n2cccn2)CCCN1. The second kappa shape index (κ2) is 5.50. The normalized spacial score (nSPS) is 21.4. The van der Waals surface area contributed by atoms with E-state index >= 15 is 0 Å². The lowest BCUT2D eigenvalue weighted by molar-refractivity contribution is -0.121. The summed E-state index contributed by atoms with van der Waals surface area (Å²) < 4.78 is 1.66. The van der Waals surface area contributed by atoms with Gasteiger partial charge in [0.05, 0.1) is 16.2 Å². The van der Waals surface area contributed by atoms with E-state index in [0.29, 0.717) is 16.4 Å². The van der Waals surface area contributed by atoms with Crippen molar-refractivity contribution in [3.05, 3.63) is 41.7 Å². The molecule has 5 nitrogen and oxygen atoms in total. The van der Waals surface area contributed by atoms with Crippen molar-refractivity contribution in [3.63, 3.8) is 0 Å². The van der Waals surface area contributed by atoms with Crippen molar-refractivity contribution in [2.75, 3.05) is 11.9 Å². The van der Waals surface area contributed by atoms with E-state index < -0.39 is 5.54 Å². The number of rotatable bonds is 3. The summed E-state index contributed by atoms with van der Waals surface area (Å²) in [6.07, 6.45) is 5.31. The van der Waals surface area contributed by atoms with Gasteiger partial charge in [0.1, 0.15) is 5.69 Å². The van der Waals surface area contributed by atoms with Gasteiger partial charge in [-0.15, -0.1) is 0 Å². The van der Waals surface area contributed by atoms with Crippen molar-refractivity contribution < 1.29 is 4.79 Å². The van der Waals surface area contributed by atoms with Crippen LogP contribution in [0.15, 0.2) is 36.7 Å². The maximum Gasteiger partial charge on any atom is 0.244 e. The molecule has 1 fully saturated rings. The lowest BCUT2D eigenvalue weighted by atomic mass is 9.99. The molecule has 1 unspecified atom stereocenters. The van der Waals surface area contributed by atoms with Crippen molar-refractivity contribution in [1.82, 2.24) is 15.1 Å². The highest BCUT2D eigenvalue weighted by Crippen LogP contribution is 2.29. The van der Waals surface area contributed by atoms with Gasteiger partial charge in [-0.2, -0.15) is 5.10 Å². The standard InChI is InChI=1S/C15H17ClN4O/c1-15(7-3-8-17-15)14(21)19-12-6-2-5-11(16)13(12)20-10-4-9-18-20/h2,4-6,9-10,17H,3,7-8H2,1H3,(H,19,21). The third-order valence-corrected chi connectivity index (χ3v) is 4.14. The number of aromatic nitrogens is 2. The minimum Gasteiger partial charge on any atom is -0.323 e. The van der Waals surface area contributed by atoms with E-state index in [-0.39, 0.29) is 5.91 Å². The number of carbonyl (C=O) groups is 1. The number of hydrogen-bond acceptors (Lipinski definition) is 3. The number of benzene rings is 1. The summed E-state index contributed by atoms with van der Waals surface area (Å²) in [5, 5.41) is 11.0. The first kappa shape index (κ1) is 14.1. The Labute approximate surface area is 128 Å². The molecule has 1 aliphatic rings. The van der Waals surface area contributed by atoms with Crippen molar-refractivity contribution in [2.24, 2.45) is 0 Å². The second-order valence-corrected chi connectivity index (χ2v) is 5.81. The fourth-order valence-electron chi connectivity index (χ4n) is 2.60. The molecule has 0 radical (unpaired) electrons. The van der Waals surface area contributed by atoms with Crippen molar-refractivity contribution >= 4 is 23.2 Å². The van der Waals surface area contributed by atoms with Crippen LogP contribution in [0.3, 0.4) is 0 Å². The molecule has 2 aromatic rings. The number of hydrogen-bond donors (Lipinski definition) is 2. The van der Waals surface area contributed by atoms with Crippen LogP contribution in [0.25, 0.3) is 5.69 Å². The Kier molecular flexibility index (Phi) is 3.69. The Bertz CT molecular complexity index is 648. The molecule has 110 valence electrons. The van der Waals surface area contributed by atoms with Crippen LogP contribution >= 0.6 is 11.6 Å². The van der Waals surface area contributed by atoms with Gasteiger partial charge < -0.3 is 10.6 Å². The molecule has 2 heterocycles. The summed E-state index contributed by atoms with van der Waals surface area (Å²) in [6, 6.07) is 7.24. The minimum atomic E-state index is -0.524. The third kappa shape index (κ3) is 2.66. The highest BCUT2D eigenvalue weighted by atomic mass is 35.5. The van der Waals surface area contributed by atoms with Crippen LogP contribution in [0, 0.1) is 0 Å². The summed E-state index contributed by atoms with van der Waals surface area (Å²) in [5.41, 5.74) is 0.814. The predicted octanol–water partition coefficient (Wildman–Crippen LogP) is 2.61. The molecule has 1 amide bonds. The van der Waals surface area contributed by atoms with Gasteiger partial charge in [0.15, 0.2) is 0 Å². The maximum absolute atomic E-state index is 12.5. The van der Waals surface area contributed by atoms with E-state index in [0.717, 1.165) is 19.4 Å². The Balaban J connectivity index is 1.93. The fourth-order valence-corrected chi connectivity index (χ4v) is 2.86. The summed E-state index contributed by atoms with van der Waals surface area (Å²) >= 11 is 6.27. The van der Waals surface area contributed by atoms with Gasteiger partial charge >= 0.3 is 0 Å². The Morgan fingerprint density at radius 3 is 3.00 bits per heavy atom. The number of amides is 1. The van der Waals surface area contributed by atoms with Gasteiger partial charge in [-0.05, 0) is 44.5 Å². The van der Waals surface area contributed by atoms with E-state index in [9.17, 15) is 4.79 Å². The molecule has 0 spiro atoms. The average Bonchev–Trinajstić information content (AvgIpc) is 3.11. The number of nitrogens with zero attached hydrogens (tertiary/aromatic N) is 2. The van der Waals surface area contributed by atoms with Crippen molar-refractivity contribution in [1.29, 1.82) is 0 Å². The first-order valence-corrected chi connectivity index (χ1v) is 7.33. The Hall–Kier alpha value is -1.85. The van der Waals surface area contributed by atoms with Crippen LogP contribution in [0.5, 0.6) is 0 Å². The second-order valence-electron chi connectivity index (χ2n) is 5.40. The van der Waals surface area contributed by atoms with Crippen LogP contribution in [0.1, 0.15) is 19.8 Å². The average molecular weight is 305 g/mol. The van der Waals surface area contributed by atoms with E-state index in [1.165, 1.54) is 0 Å². The van der Waals surface area contributed by atoms with Gasteiger partial charge in [-0.1, -0.05) is 17.7 Å². The van der Waals surface area contributed by atoms with E-state index in [1.807, 2.05) is 25.1 Å². The van der Waals surface area contributed by atoms with Gasteiger partial charge in [0.2, 0.25) is 5.91 Å². The molecule has 1 atom stereocenters. The number of carbonyl (C=O) groups excluding carboxylic acids is 1. The zero-order valence-electron chi connectivity index (χ0n) is 11.8. The third-order valence-electron chi connectivity index (χ3n) is 3.84. The number of halogens is 1. The van der Waals surface area contributed by atoms with E-state index in [2.05, 4.69) is 15.7 Å². The maximum atomic E-state index is 12.5. The largest absolute Gasteiger partial charge is 0.323 e. The van der Waals surface area contributed by atoms with Crippen LogP contribution in [-0.4, -0.2) is 27.8 Å². The molecule has 3 rings (SSSR count). The molecule has 21 heavy (non-hydrogen) atoms. The molecule has 2 N–H and O–H groups in total. The molecular weight excluding hydrogens is 288 g/mol. The number of nitrogens with one attached hydrogen (secondary N) is 2. The Morgan fingerprint density at radius 1 is 1.48 bits per heavy atom. The molecule has 1 aliphatic heterocycles. The zero-order valence-corrected chi connectivity index (χ0v) is 12.5. The molecule has 0 bridgehead atoms. The van der Waals surface area contributed by atoms with Gasteiger partial charge in [-0.3, -0.25) is 4.79 Å². The highest BCUT2D eigenvalue weighted by molar-refractivity contribution is 6.33. The van der Waals surface area contributed by atoms with E-state index in [4.69, 9.17) is 11.6 Å². The molecule has 6 heteroatoms. The van der Waals surface area contributed by atoms with Gasteiger partial charge in [-0.25, -0.2) is 4.68 Å². The summed E-state index contributed by atoms with van der Waals surface area (Å²) in [4.78, 5) is 12.5. The number of anilines is 1. The first-order chi connectivity index (χ1) is 10.1. The fraction of sp³-hybridized carbons (Fsp3) is 0.333. The summed E-state index contributed by atoms with van der Waals surface area (Å²) in [6.45, 7) is 2.79. The molecule has 1 saturated heterocycles. The van der Waals surface area contributed by atoms with Crippen molar-refractivity contribution in [3.8, 4) is 5.69 Å². The smallest absolute Gasteiger partial charge is 0.244 e. The van der Waals surface area contributed by atoms with Crippen LogP contribution in [-0.2, 0) is 4.79 Å². The molecule has 1 aromatic carbocycles. The minimum absolute atomic E-state index is 0.0457. The molecule has 1 aromatic heterocycles. The quantitative estimate of drug-likeness (QED) is 0.916. The zero-order chi connectivity index (χ0) is 14.9. The molecule has 0 saturated carbocycles. The lowest BCUT2D eigenvalue weighted by Gasteiger charge is -2.24. The van der Waals surface area contributed by atoms with Crippen LogP contribution in [0.2, 0.25) is 5.02 Å². The lowest BCUT2D eigenvalue weighted by Crippen LogP contribution is -2.48. The van der Waals surface area contributed by atoms with Crippen LogP contribution in [0.4, 0.5) is 5.69 Å². The van der Waals surface area contributed by atoms with Gasteiger partial charge in [0, 0.05) is 12.4 Å². The Morgan fingerprint density at radius 2 is 2.33 bits per heavy atom. The highest BCUT2D eigenvalue weighted by Gasteiger charge is 2.36. The molecule has 0 aliphatic carbocycles. The monoisotopic (exact) mass is 304 g/mol. The predicted molar refractivity (Wildman–Crippen MR) is 82.8 cm³/mol. The summed E-state index contributed by atoms with van der Waals surface area (Å²) in [7, 11) is 0. The molecular formula is C15H17ClN4O. The topological polar surface area (TPSA) is 59.0 Å². The van der Waals surface area contributed by atoms with E-state index in [1.54, 1.807) is 23.1 Å². The van der Waals surface area contributed by atoms with Crippen molar-refractivity contribution in [2.45, 2.75) is 25.3 Å². The first-order valence-electron chi connectivity index (χ1n) is 6.95.